The molecule has 0 atom stereocenters. The van der Waals surface area contributed by atoms with Crippen molar-refractivity contribution in [3.63, 3.8) is 0 Å². The van der Waals surface area contributed by atoms with Gasteiger partial charge >= 0.3 is 0 Å². The normalized spacial score (nSPS) is 17.0. The van der Waals surface area contributed by atoms with Crippen LogP contribution in [0.15, 0.2) is 10.7 Å². The molecule has 6 nitrogen and oxygen atoms in total. The van der Waals surface area contributed by atoms with Crippen LogP contribution in [0, 0.1) is 6.92 Å². The molecule has 1 amide bonds. The van der Waals surface area contributed by atoms with Crippen molar-refractivity contribution in [1.29, 1.82) is 0 Å². The van der Waals surface area contributed by atoms with Crippen LogP contribution < -0.4 is 10.6 Å². The minimum atomic E-state index is -0.112. The summed E-state index contributed by atoms with van der Waals surface area (Å²) in [6, 6.07) is 0. The van der Waals surface area contributed by atoms with Gasteiger partial charge in [-0.25, -0.2) is 0 Å². The molecule has 0 aromatic carbocycles. The third-order valence-electron chi connectivity index (χ3n) is 2.92. The SMILES string of the molecule is Cc1oncc1C(=O)NCCN1CCNCC1. The first-order chi connectivity index (χ1) is 8.27. The molecule has 0 spiro atoms. The van der Waals surface area contributed by atoms with E-state index in [4.69, 9.17) is 4.52 Å². The van der Waals surface area contributed by atoms with Crippen LogP contribution in [0.2, 0.25) is 0 Å². The van der Waals surface area contributed by atoms with Crippen LogP contribution in [-0.4, -0.2) is 55.2 Å². The zero-order chi connectivity index (χ0) is 12.1. The standard InChI is InChI=1S/C11H18N4O2/c1-9-10(8-14-17-9)11(16)13-4-7-15-5-2-12-3-6-15/h8,12H,2-7H2,1H3,(H,13,16). The Bertz CT molecular complexity index is 371. The minimum absolute atomic E-state index is 0.112. The highest BCUT2D eigenvalue weighted by molar-refractivity contribution is 5.94. The van der Waals surface area contributed by atoms with E-state index in [-0.39, 0.29) is 5.91 Å². The average molecular weight is 238 g/mol. The van der Waals surface area contributed by atoms with Crippen molar-refractivity contribution < 1.29 is 9.32 Å². The summed E-state index contributed by atoms with van der Waals surface area (Å²) >= 11 is 0. The number of carbonyl (C=O) groups is 1. The number of aromatic nitrogens is 1. The van der Waals surface area contributed by atoms with Crippen LogP contribution in [0.1, 0.15) is 16.1 Å². The van der Waals surface area contributed by atoms with E-state index in [0.29, 0.717) is 17.9 Å². The van der Waals surface area contributed by atoms with Crippen molar-refractivity contribution in [2.75, 3.05) is 39.3 Å². The molecule has 1 fully saturated rings. The lowest BCUT2D eigenvalue weighted by Gasteiger charge is -2.27. The summed E-state index contributed by atoms with van der Waals surface area (Å²) in [5.74, 6) is 0.448. The van der Waals surface area contributed by atoms with Crippen molar-refractivity contribution in [3.8, 4) is 0 Å². The molecule has 1 aromatic heterocycles. The summed E-state index contributed by atoms with van der Waals surface area (Å²) < 4.78 is 4.85. The Morgan fingerprint density at radius 2 is 2.35 bits per heavy atom. The average Bonchev–Trinajstić information content (AvgIpc) is 2.77. The van der Waals surface area contributed by atoms with Gasteiger partial charge in [0, 0.05) is 39.3 Å². The van der Waals surface area contributed by atoms with Crippen LogP contribution in [-0.2, 0) is 0 Å². The molecule has 0 bridgehead atoms. The highest BCUT2D eigenvalue weighted by atomic mass is 16.5. The molecule has 6 heteroatoms. The van der Waals surface area contributed by atoms with Gasteiger partial charge in [-0.05, 0) is 6.92 Å². The van der Waals surface area contributed by atoms with Gasteiger partial charge in [0.25, 0.3) is 5.91 Å². The first-order valence-corrected chi connectivity index (χ1v) is 5.90. The van der Waals surface area contributed by atoms with Crippen molar-refractivity contribution in [3.05, 3.63) is 17.5 Å². The van der Waals surface area contributed by atoms with Crippen molar-refractivity contribution in [1.82, 2.24) is 20.7 Å². The van der Waals surface area contributed by atoms with Crippen LogP contribution in [0.3, 0.4) is 0 Å². The van der Waals surface area contributed by atoms with Crippen molar-refractivity contribution in [2.45, 2.75) is 6.92 Å². The number of nitrogens with one attached hydrogen (secondary N) is 2. The second kappa shape index (κ2) is 5.79. The molecule has 0 aliphatic carbocycles. The number of piperazine rings is 1. The Kier molecular flexibility index (Phi) is 4.11. The van der Waals surface area contributed by atoms with Gasteiger partial charge < -0.3 is 15.2 Å². The summed E-state index contributed by atoms with van der Waals surface area (Å²) in [5, 5.41) is 9.75. The largest absolute Gasteiger partial charge is 0.361 e. The number of amides is 1. The summed E-state index contributed by atoms with van der Waals surface area (Å²) in [4.78, 5) is 14.1. The lowest BCUT2D eigenvalue weighted by atomic mass is 10.2. The molecular weight excluding hydrogens is 220 g/mol. The second-order valence-electron chi connectivity index (χ2n) is 4.14. The number of nitrogens with zero attached hydrogens (tertiary/aromatic N) is 2. The molecule has 1 aromatic rings. The summed E-state index contributed by atoms with van der Waals surface area (Å²) in [7, 11) is 0. The van der Waals surface area contributed by atoms with E-state index < -0.39 is 0 Å². The van der Waals surface area contributed by atoms with Gasteiger partial charge in [0.05, 0.1) is 6.20 Å². The van der Waals surface area contributed by atoms with Crippen molar-refractivity contribution in [2.24, 2.45) is 0 Å². The molecular formula is C11H18N4O2. The second-order valence-corrected chi connectivity index (χ2v) is 4.14. The van der Waals surface area contributed by atoms with Gasteiger partial charge in [0.1, 0.15) is 11.3 Å². The summed E-state index contributed by atoms with van der Waals surface area (Å²) in [6.45, 7) is 7.42. The molecule has 0 radical (unpaired) electrons. The van der Waals surface area contributed by atoms with Gasteiger partial charge in [0.15, 0.2) is 0 Å². The third-order valence-corrected chi connectivity index (χ3v) is 2.92. The van der Waals surface area contributed by atoms with E-state index in [1.165, 1.54) is 6.20 Å². The predicted octanol–water partition coefficient (Wildman–Crippen LogP) is -0.382. The molecule has 2 rings (SSSR count). The number of carbonyl (C=O) groups excluding carboxylic acids is 1. The van der Waals surface area contributed by atoms with E-state index in [1.54, 1.807) is 6.92 Å². The van der Waals surface area contributed by atoms with Gasteiger partial charge in [0.2, 0.25) is 0 Å². The highest BCUT2D eigenvalue weighted by Crippen LogP contribution is 2.04. The van der Waals surface area contributed by atoms with E-state index >= 15 is 0 Å². The van der Waals surface area contributed by atoms with Crippen LogP contribution in [0.25, 0.3) is 0 Å². The molecule has 17 heavy (non-hydrogen) atoms. The number of hydrogen-bond acceptors (Lipinski definition) is 5. The minimum Gasteiger partial charge on any atom is -0.361 e. The first-order valence-electron chi connectivity index (χ1n) is 5.90. The Labute approximate surface area is 100 Å². The van der Waals surface area contributed by atoms with Crippen molar-refractivity contribution >= 4 is 5.91 Å². The maximum atomic E-state index is 11.7. The lowest BCUT2D eigenvalue weighted by molar-refractivity contribution is 0.0946. The third kappa shape index (κ3) is 3.28. The fraction of sp³-hybridized carbons (Fsp3) is 0.636. The van der Waals surface area contributed by atoms with Gasteiger partial charge in [-0.2, -0.15) is 0 Å². The molecule has 2 heterocycles. The number of aryl methyl sites for hydroxylation is 1. The molecule has 1 aliphatic heterocycles. The molecule has 0 saturated carbocycles. The maximum Gasteiger partial charge on any atom is 0.256 e. The van der Waals surface area contributed by atoms with E-state index in [0.717, 1.165) is 32.7 Å². The molecule has 1 saturated heterocycles. The lowest BCUT2D eigenvalue weighted by Crippen LogP contribution is -2.46. The van der Waals surface area contributed by atoms with E-state index in [9.17, 15) is 4.79 Å². The summed E-state index contributed by atoms with van der Waals surface area (Å²) in [6.07, 6.45) is 1.45. The topological polar surface area (TPSA) is 70.4 Å². The Morgan fingerprint density at radius 3 is 3.00 bits per heavy atom. The number of hydrogen-bond donors (Lipinski definition) is 2. The van der Waals surface area contributed by atoms with Crippen LogP contribution >= 0.6 is 0 Å². The van der Waals surface area contributed by atoms with E-state index in [1.807, 2.05) is 0 Å². The Balaban J connectivity index is 1.71. The maximum absolute atomic E-state index is 11.7. The smallest absolute Gasteiger partial charge is 0.256 e. The van der Waals surface area contributed by atoms with Crippen LogP contribution in [0.5, 0.6) is 0 Å². The zero-order valence-corrected chi connectivity index (χ0v) is 10.0. The first kappa shape index (κ1) is 12.1. The monoisotopic (exact) mass is 238 g/mol. The molecule has 94 valence electrons. The highest BCUT2D eigenvalue weighted by Gasteiger charge is 2.13. The predicted molar refractivity (Wildman–Crippen MR) is 62.9 cm³/mol. The van der Waals surface area contributed by atoms with Gasteiger partial charge in [-0.15, -0.1) is 0 Å². The molecule has 0 unspecified atom stereocenters. The number of rotatable bonds is 4. The Morgan fingerprint density at radius 1 is 1.59 bits per heavy atom. The molecule has 2 N–H and O–H groups in total. The van der Waals surface area contributed by atoms with Gasteiger partial charge in [-0.3, -0.25) is 9.69 Å². The van der Waals surface area contributed by atoms with Gasteiger partial charge in [-0.1, -0.05) is 5.16 Å². The quantitative estimate of drug-likeness (QED) is 0.748. The fourth-order valence-electron chi connectivity index (χ4n) is 1.87. The summed E-state index contributed by atoms with van der Waals surface area (Å²) in [5.41, 5.74) is 0.519. The zero-order valence-electron chi connectivity index (χ0n) is 10.0. The van der Waals surface area contributed by atoms with Crippen LogP contribution in [0.4, 0.5) is 0 Å². The Hall–Kier alpha value is -1.40. The fourth-order valence-corrected chi connectivity index (χ4v) is 1.87. The molecule has 1 aliphatic rings. The van der Waals surface area contributed by atoms with E-state index in [2.05, 4.69) is 20.7 Å².